The van der Waals surface area contributed by atoms with Gasteiger partial charge >= 0.3 is 0 Å². The van der Waals surface area contributed by atoms with Gasteiger partial charge in [0.15, 0.2) is 0 Å². The predicted octanol–water partition coefficient (Wildman–Crippen LogP) is 2.09. The molecular formula is C18H32N2O4. The third-order valence-corrected chi connectivity index (χ3v) is 3.29. The first kappa shape index (κ1) is 20.7. The van der Waals surface area contributed by atoms with E-state index in [1.165, 1.54) is 0 Å². The number of rotatable bonds is 14. The Kier molecular flexibility index (Phi) is 11.2. The van der Waals surface area contributed by atoms with Crippen molar-refractivity contribution in [3.05, 3.63) is 24.3 Å². The summed E-state index contributed by atoms with van der Waals surface area (Å²) in [7, 11) is 0. The molecule has 0 saturated carbocycles. The van der Waals surface area contributed by atoms with Gasteiger partial charge in [-0.15, -0.1) is 0 Å². The first-order valence-electron chi connectivity index (χ1n) is 8.75. The van der Waals surface area contributed by atoms with Crippen LogP contribution in [-0.4, -0.2) is 61.9 Å². The van der Waals surface area contributed by atoms with Gasteiger partial charge in [-0.3, -0.25) is 0 Å². The zero-order chi connectivity index (χ0) is 17.6. The van der Waals surface area contributed by atoms with E-state index in [-0.39, 0.29) is 0 Å². The van der Waals surface area contributed by atoms with Crippen molar-refractivity contribution in [3.63, 3.8) is 0 Å². The molecule has 6 nitrogen and oxygen atoms in total. The fourth-order valence-corrected chi connectivity index (χ4v) is 2.02. The van der Waals surface area contributed by atoms with Gasteiger partial charge in [-0.05, 0) is 37.1 Å². The number of benzene rings is 1. The Bertz CT molecular complexity index is 375. The summed E-state index contributed by atoms with van der Waals surface area (Å²) in [6.07, 6.45) is 0.863. The summed E-state index contributed by atoms with van der Waals surface area (Å²) in [5.41, 5.74) is 1.86. The minimum absolute atomic E-state index is 0.346. The molecule has 2 atom stereocenters. The molecule has 0 aliphatic heterocycles. The first-order valence-corrected chi connectivity index (χ1v) is 8.75. The van der Waals surface area contributed by atoms with Gasteiger partial charge in [0.25, 0.3) is 0 Å². The number of hydrogen-bond donors (Lipinski definition) is 4. The molecule has 24 heavy (non-hydrogen) atoms. The summed E-state index contributed by atoms with van der Waals surface area (Å²) in [5, 5.41) is 25.9. The van der Waals surface area contributed by atoms with Gasteiger partial charge in [-0.2, -0.15) is 0 Å². The SMILES string of the molecule is CCCOCC(O)CNc1ccc(NCC(O)COCCC)cc1. The Labute approximate surface area is 145 Å². The topological polar surface area (TPSA) is 83.0 Å². The van der Waals surface area contributed by atoms with Crippen LogP contribution >= 0.6 is 0 Å². The molecule has 0 radical (unpaired) electrons. The number of ether oxygens (including phenoxy) is 2. The molecule has 0 aliphatic carbocycles. The zero-order valence-electron chi connectivity index (χ0n) is 14.8. The largest absolute Gasteiger partial charge is 0.389 e. The summed E-state index contributed by atoms with van der Waals surface area (Å²) in [6, 6.07) is 7.73. The Morgan fingerprint density at radius 3 is 1.50 bits per heavy atom. The Balaban J connectivity index is 2.22. The van der Waals surface area contributed by atoms with Crippen molar-refractivity contribution < 1.29 is 19.7 Å². The molecule has 0 aromatic heterocycles. The van der Waals surface area contributed by atoms with Gasteiger partial charge in [-0.1, -0.05) is 13.8 Å². The van der Waals surface area contributed by atoms with E-state index in [1.54, 1.807) is 0 Å². The zero-order valence-corrected chi connectivity index (χ0v) is 14.8. The Morgan fingerprint density at radius 1 is 0.792 bits per heavy atom. The Hall–Kier alpha value is -1.34. The molecule has 0 aliphatic rings. The maximum Gasteiger partial charge on any atom is 0.0945 e. The molecule has 1 aromatic rings. The minimum atomic E-state index is -0.521. The minimum Gasteiger partial charge on any atom is -0.389 e. The number of anilines is 2. The van der Waals surface area contributed by atoms with Crippen molar-refractivity contribution in [2.24, 2.45) is 0 Å². The molecule has 0 spiro atoms. The van der Waals surface area contributed by atoms with Crippen LogP contribution in [-0.2, 0) is 9.47 Å². The second-order valence-corrected chi connectivity index (χ2v) is 5.80. The monoisotopic (exact) mass is 340 g/mol. The number of aliphatic hydroxyl groups is 2. The van der Waals surface area contributed by atoms with Crippen LogP contribution in [0.25, 0.3) is 0 Å². The van der Waals surface area contributed by atoms with Crippen LogP contribution in [0.15, 0.2) is 24.3 Å². The highest BCUT2D eigenvalue weighted by Crippen LogP contribution is 2.13. The van der Waals surface area contributed by atoms with Crippen LogP contribution < -0.4 is 10.6 Å². The van der Waals surface area contributed by atoms with Crippen molar-refractivity contribution in [2.45, 2.75) is 38.9 Å². The summed E-state index contributed by atoms with van der Waals surface area (Å²) in [6.45, 7) is 7.01. The highest BCUT2D eigenvalue weighted by atomic mass is 16.5. The van der Waals surface area contributed by atoms with Crippen LogP contribution in [0.1, 0.15) is 26.7 Å². The average molecular weight is 340 g/mol. The van der Waals surface area contributed by atoms with E-state index >= 15 is 0 Å². The van der Waals surface area contributed by atoms with Gasteiger partial charge in [0.1, 0.15) is 0 Å². The van der Waals surface area contributed by atoms with Gasteiger partial charge in [-0.25, -0.2) is 0 Å². The highest BCUT2D eigenvalue weighted by Gasteiger charge is 2.05. The van der Waals surface area contributed by atoms with Crippen LogP contribution in [0.4, 0.5) is 11.4 Å². The second kappa shape index (κ2) is 13.0. The van der Waals surface area contributed by atoms with Crippen molar-refractivity contribution in [1.29, 1.82) is 0 Å². The molecule has 0 bridgehead atoms. The Morgan fingerprint density at radius 2 is 1.17 bits per heavy atom. The molecule has 1 aromatic carbocycles. The van der Waals surface area contributed by atoms with Crippen molar-refractivity contribution in [1.82, 2.24) is 0 Å². The molecule has 138 valence electrons. The van der Waals surface area contributed by atoms with E-state index < -0.39 is 12.2 Å². The van der Waals surface area contributed by atoms with Crippen LogP contribution in [0.3, 0.4) is 0 Å². The maximum absolute atomic E-state index is 9.79. The number of aliphatic hydroxyl groups excluding tert-OH is 2. The molecule has 4 N–H and O–H groups in total. The molecule has 6 heteroatoms. The standard InChI is InChI=1S/C18H32N2O4/c1-3-9-23-13-17(21)11-19-15-5-7-16(8-6-15)20-12-18(22)14-24-10-4-2/h5-8,17-22H,3-4,9-14H2,1-2H3. The summed E-state index contributed by atoms with van der Waals surface area (Å²) in [5.74, 6) is 0. The lowest BCUT2D eigenvalue weighted by Gasteiger charge is -2.15. The van der Waals surface area contributed by atoms with Crippen molar-refractivity contribution in [2.75, 3.05) is 50.2 Å². The van der Waals surface area contributed by atoms with E-state index in [4.69, 9.17) is 9.47 Å². The van der Waals surface area contributed by atoms with Gasteiger partial charge in [0.2, 0.25) is 0 Å². The predicted molar refractivity (Wildman–Crippen MR) is 97.7 cm³/mol. The van der Waals surface area contributed by atoms with Gasteiger partial charge in [0.05, 0.1) is 25.4 Å². The fraction of sp³-hybridized carbons (Fsp3) is 0.667. The van der Waals surface area contributed by atoms with E-state index in [2.05, 4.69) is 10.6 Å². The van der Waals surface area contributed by atoms with Gasteiger partial charge in [0, 0.05) is 37.7 Å². The lowest BCUT2D eigenvalue weighted by Crippen LogP contribution is -2.25. The van der Waals surface area contributed by atoms with Gasteiger partial charge < -0.3 is 30.3 Å². The van der Waals surface area contributed by atoms with Crippen molar-refractivity contribution in [3.8, 4) is 0 Å². The number of nitrogens with one attached hydrogen (secondary N) is 2. The van der Waals surface area contributed by atoms with Crippen LogP contribution in [0.2, 0.25) is 0 Å². The molecule has 0 fully saturated rings. The smallest absolute Gasteiger partial charge is 0.0945 e. The molecule has 0 amide bonds. The quantitative estimate of drug-likeness (QED) is 0.388. The molecule has 2 unspecified atom stereocenters. The average Bonchev–Trinajstić information content (AvgIpc) is 2.59. The van der Waals surface area contributed by atoms with Crippen LogP contribution in [0, 0.1) is 0 Å². The second-order valence-electron chi connectivity index (χ2n) is 5.80. The van der Waals surface area contributed by atoms with E-state index in [1.807, 2.05) is 38.1 Å². The third kappa shape index (κ3) is 9.72. The third-order valence-electron chi connectivity index (χ3n) is 3.29. The van der Waals surface area contributed by atoms with E-state index in [0.29, 0.717) is 39.5 Å². The lowest BCUT2D eigenvalue weighted by atomic mass is 10.2. The summed E-state index contributed by atoms with van der Waals surface area (Å²) < 4.78 is 10.6. The lowest BCUT2D eigenvalue weighted by molar-refractivity contribution is 0.0436. The van der Waals surface area contributed by atoms with Crippen molar-refractivity contribution >= 4 is 11.4 Å². The summed E-state index contributed by atoms with van der Waals surface area (Å²) in [4.78, 5) is 0. The van der Waals surface area contributed by atoms with E-state index in [0.717, 1.165) is 24.2 Å². The van der Waals surface area contributed by atoms with Crippen LogP contribution in [0.5, 0.6) is 0 Å². The maximum atomic E-state index is 9.79. The fourth-order valence-electron chi connectivity index (χ4n) is 2.02. The number of hydrogen-bond acceptors (Lipinski definition) is 6. The normalized spacial score (nSPS) is 13.5. The molecular weight excluding hydrogens is 308 g/mol. The molecule has 0 heterocycles. The molecule has 0 saturated heterocycles. The summed E-state index contributed by atoms with van der Waals surface area (Å²) >= 11 is 0. The highest BCUT2D eigenvalue weighted by molar-refractivity contribution is 5.53. The first-order chi connectivity index (χ1) is 11.7. The molecule has 1 rings (SSSR count). The van der Waals surface area contributed by atoms with E-state index in [9.17, 15) is 10.2 Å².